The Bertz CT molecular complexity index is 1800. The van der Waals surface area contributed by atoms with Crippen molar-refractivity contribution in [3.05, 3.63) is 112 Å². The summed E-state index contributed by atoms with van der Waals surface area (Å²) in [6.07, 6.45) is 3.13. The Labute approximate surface area is 267 Å². The number of aliphatic hydroxyl groups excluding tert-OH is 1. The van der Waals surface area contributed by atoms with E-state index in [1.807, 2.05) is 42.5 Å². The van der Waals surface area contributed by atoms with Gasteiger partial charge in [0.1, 0.15) is 11.3 Å². The zero-order valence-electron chi connectivity index (χ0n) is 23.7. The van der Waals surface area contributed by atoms with Crippen molar-refractivity contribution in [3.8, 4) is 5.75 Å². The molecule has 3 heterocycles. The van der Waals surface area contributed by atoms with Crippen LogP contribution in [0.3, 0.4) is 0 Å². The Morgan fingerprint density at radius 3 is 2.59 bits per heavy atom. The monoisotopic (exact) mass is 645 g/mol. The summed E-state index contributed by atoms with van der Waals surface area (Å²) in [7, 11) is 0. The van der Waals surface area contributed by atoms with E-state index >= 15 is 0 Å². The second-order valence-electron chi connectivity index (χ2n) is 10.2. The number of ether oxygens (including phenoxy) is 1. The van der Waals surface area contributed by atoms with Gasteiger partial charge in [0.2, 0.25) is 10.9 Å². The fourth-order valence-electron chi connectivity index (χ4n) is 4.95. The molecule has 6 rings (SSSR count). The highest BCUT2D eigenvalue weighted by Crippen LogP contribution is 2.44. The maximum absolute atomic E-state index is 13.9. The normalized spacial score (nSPS) is 15.0. The van der Waals surface area contributed by atoms with E-state index in [4.69, 9.17) is 20.8 Å². The van der Waals surface area contributed by atoms with Crippen molar-refractivity contribution in [3.63, 3.8) is 0 Å². The summed E-state index contributed by atoms with van der Waals surface area (Å²) in [5.74, 6) is -0.634. The molecule has 2 aromatic heterocycles. The molecule has 1 N–H and O–H groups in total. The summed E-state index contributed by atoms with van der Waals surface area (Å²) < 4.78 is 12.3. The number of carbonyl (C=O) groups excluding carboxylic acids is 2. The van der Waals surface area contributed by atoms with Crippen LogP contribution in [-0.4, -0.2) is 33.6 Å². The van der Waals surface area contributed by atoms with Gasteiger partial charge in [-0.2, -0.15) is 0 Å². The predicted octanol–water partition coefficient (Wildman–Crippen LogP) is 8.58. The third kappa shape index (κ3) is 6.24. The number of anilines is 1. The van der Waals surface area contributed by atoms with Crippen molar-refractivity contribution in [1.29, 1.82) is 0 Å². The Hall–Kier alpha value is -4.12. The number of carbonyl (C=O) groups is 2. The van der Waals surface area contributed by atoms with E-state index in [9.17, 15) is 14.7 Å². The molecule has 0 bridgehead atoms. The van der Waals surface area contributed by atoms with Crippen molar-refractivity contribution in [2.75, 3.05) is 11.5 Å². The second kappa shape index (κ2) is 13.3. The number of furan rings is 1. The summed E-state index contributed by atoms with van der Waals surface area (Å²) >= 11 is 8.68. The molecule has 0 saturated carbocycles. The third-order valence-corrected chi connectivity index (χ3v) is 9.57. The summed E-state index contributed by atoms with van der Waals surface area (Å²) in [5.41, 5.74) is 2.11. The lowest BCUT2D eigenvalue weighted by atomic mass is 9.95. The number of fused-ring (bicyclic) bond motifs is 1. The molecule has 8 nitrogen and oxygen atoms in total. The lowest BCUT2D eigenvalue weighted by molar-refractivity contribution is -0.117. The minimum absolute atomic E-state index is 0.0275. The van der Waals surface area contributed by atoms with Crippen molar-refractivity contribution >= 4 is 62.5 Å². The van der Waals surface area contributed by atoms with E-state index in [1.54, 1.807) is 36.4 Å². The fourth-order valence-corrected chi connectivity index (χ4v) is 6.90. The molecule has 5 aromatic rings. The van der Waals surface area contributed by atoms with Gasteiger partial charge in [-0.25, -0.2) is 0 Å². The van der Waals surface area contributed by atoms with Crippen molar-refractivity contribution < 1.29 is 23.8 Å². The van der Waals surface area contributed by atoms with E-state index in [-0.39, 0.29) is 16.5 Å². The maximum atomic E-state index is 13.9. The number of para-hydroxylation sites is 1. The lowest BCUT2D eigenvalue weighted by Crippen LogP contribution is -2.31. The van der Waals surface area contributed by atoms with Crippen LogP contribution in [0, 0.1) is 0 Å². The molecule has 0 aliphatic carbocycles. The number of hydrogen-bond acceptors (Lipinski definition) is 9. The number of thioether (sulfide) groups is 1. The van der Waals surface area contributed by atoms with Crippen LogP contribution in [0.1, 0.15) is 53.9 Å². The molecular formula is C33H28ClN3O5S2. The number of halogens is 1. The van der Waals surface area contributed by atoms with Crippen molar-refractivity contribution in [2.45, 2.75) is 42.3 Å². The fraction of sp³-hybridized carbons (Fsp3) is 0.212. The van der Waals surface area contributed by atoms with E-state index in [0.29, 0.717) is 38.6 Å². The van der Waals surface area contributed by atoms with Crippen LogP contribution in [0.25, 0.3) is 11.0 Å². The number of nitrogens with zero attached hydrogens (tertiary/aromatic N) is 3. The molecule has 0 radical (unpaired) electrons. The highest BCUT2D eigenvalue weighted by molar-refractivity contribution is 8.00. The minimum Gasteiger partial charge on any atom is -0.503 e. The molecule has 0 saturated heterocycles. The molecule has 0 spiro atoms. The second-order valence-corrected chi connectivity index (χ2v) is 12.8. The lowest BCUT2D eigenvalue weighted by Gasteiger charge is -2.24. The first-order valence-electron chi connectivity index (χ1n) is 14.2. The summed E-state index contributed by atoms with van der Waals surface area (Å²) in [6, 6.07) is 22.6. The van der Waals surface area contributed by atoms with Crippen LogP contribution >= 0.6 is 34.7 Å². The molecule has 1 unspecified atom stereocenters. The van der Waals surface area contributed by atoms with Crippen LogP contribution in [0.15, 0.2) is 99.0 Å². The molecule has 1 amide bonds. The van der Waals surface area contributed by atoms with Crippen LogP contribution < -0.4 is 9.64 Å². The van der Waals surface area contributed by atoms with Gasteiger partial charge in [0.25, 0.3) is 5.91 Å². The van der Waals surface area contributed by atoms with Gasteiger partial charge in [-0.3, -0.25) is 14.5 Å². The molecule has 224 valence electrons. The van der Waals surface area contributed by atoms with Gasteiger partial charge in [-0.05, 0) is 53.9 Å². The first-order valence-corrected chi connectivity index (χ1v) is 16.3. The van der Waals surface area contributed by atoms with Gasteiger partial charge in [0, 0.05) is 16.2 Å². The average Bonchev–Trinajstić information content (AvgIpc) is 3.75. The van der Waals surface area contributed by atoms with Crippen LogP contribution in [0.5, 0.6) is 5.75 Å². The van der Waals surface area contributed by atoms with E-state index in [2.05, 4.69) is 17.1 Å². The number of amides is 1. The Morgan fingerprint density at radius 1 is 1.07 bits per heavy atom. The highest BCUT2D eigenvalue weighted by atomic mass is 35.5. The van der Waals surface area contributed by atoms with E-state index < -0.39 is 23.5 Å². The van der Waals surface area contributed by atoms with Crippen molar-refractivity contribution in [2.24, 2.45) is 0 Å². The number of aromatic nitrogens is 2. The largest absolute Gasteiger partial charge is 0.503 e. The highest BCUT2D eigenvalue weighted by Gasteiger charge is 2.46. The number of Topliss-reactive ketones (excluding diaryl/α,β-unsaturated/α-hetero) is 1. The first kappa shape index (κ1) is 29.9. The van der Waals surface area contributed by atoms with Crippen LogP contribution in [0.4, 0.5) is 5.13 Å². The number of ketones is 1. The van der Waals surface area contributed by atoms with Crippen LogP contribution in [-0.2, 0) is 10.5 Å². The number of hydrogen-bond donors (Lipinski definition) is 1. The number of unbranched alkanes of at least 4 members (excludes halogenated alkanes) is 2. The molecule has 1 aliphatic rings. The molecule has 3 aromatic carbocycles. The number of rotatable bonds is 12. The zero-order valence-corrected chi connectivity index (χ0v) is 26.1. The average molecular weight is 646 g/mol. The topological polar surface area (TPSA) is 106 Å². The van der Waals surface area contributed by atoms with E-state index in [0.717, 1.165) is 30.2 Å². The summed E-state index contributed by atoms with van der Waals surface area (Å²) in [6.45, 7) is 2.73. The molecular weight excluding hydrogens is 618 g/mol. The Balaban J connectivity index is 1.32. The van der Waals surface area contributed by atoms with Gasteiger partial charge in [-0.15, -0.1) is 10.2 Å². The van der Waals surface area contributed by atoms with Crippen molar-refractivity contribution in [1.82, 2.24) is 10.2 Å². The Kier molecular flexibility index (Phi) is 9.02. The summed E-state index contributed by atoms with van der Waals surface area (Å²) in [5, 5.41) is 21.4. The van der Waals surface area contributed by atoms with Gasteiger partial charge in [-0.1, -0.05) is 96.9 Å². The zero-order chi connectivity index (χ0) is 30.6. The molecule has 44 heavy (non-hydrogen) atoms. The maximum Gasteiger partial charge on any atom is 0.296 e. The molecule has 1 atom stereocenters. The predicted molar refractivity (Wildman–Crippen MR) is 173 cm³/mol. The number of benzene rings is 3. The minimum atomic E-state index is -0.959. The first-order chi connectivity index (χ1) is 21.4. The van der Waals surface area contributed by atoms with E-state index in [1.165, 1.54) is 28.0 Å². The SMILES string of the molecule is CCCCCOc1ccc(C2C(C(=O)c3cc4ccccc4o3)=C(O)C(=O)N2c2nnc(SCc3ccc(Cl)cc3)s2)cc1. The molecule has 1 aliphatic heterocycles. The van der Waals surface area contributed by atoms with Gasteiger partial charge >= 0.3 is 0 Å². The van der Waals surface area contributed by atoms with Gasteiger partial charge in [0.15, 0.2) is 15.9 Å². The van der Waals surface area contributed by atoms with Crippen LogP contribution in [0.2, 0.25) is 5.02 Å². The molecule has 0 fully saturated rings. The molecule has 11 heteroatoms. The number of aliphatic hydroxyl groups is 1. The third-order valence-electron chi connectivity index (χ3n) is 7.19. The van der Waals surface area contributed by atoms with Gasteiger partial charge < -0.3 is 14.3 Å². The summed E-state index contributed by atoms with van der Waals surface area (Å²) in [4.78, 5) is 28.9. The standard InChI is InChI=1S/C33H28ClN3O5S2/c1-2-3-6-17-41-24-15-11-21(12-16-24)28-27(29(38)26-18-22-7-4-5-8-25(22)42-26)30(39)31(40)37(28)32-35-36-33(44-32)43-19-20-9-13-23(34)14-10-20/h4-5,7-16,18,28,39H,2-3,6,17,19H2,1H3. The quantitative estimate of drug-likeness (QED) is 0.0622. The Morgan fingerprint density at radius 2 is 1.84 bits per heavy atom. The van der Waals surface area contributed by atoms with Gasteiger partial charge in [0.05, 0.1) is 18.2 Å². The smallest absolute Gasteiger partial charge is 0.296 e.